The summed E-state index contributed by atoms with van der Waals surface area (Å²) in [5.41, 5.74) is 0.869. The second-order valence-corrected chi connectivity index (χ2v) is 5.16. The highest BCUT2D eigenvalue weighted by Crippen LogP contribution is 2.34. The summed E-state index contributed by atoms with van der Waals surface area (Å²) in [5.74, 6) is -0.216. The Hall–Kier alpha value is -3.09. The van der Waals surface area contributed by atoms with Gasteiger partial charge in [-0.25, -0.2) is 4.39 Å². The Bertz CT molecular complexity index is 779. The quantitative estimate of drug-likeness (QED) is 0.824. The van der Waals surface area contributed by atoms with Gasteiger partial charge < -0.3 is 20.1 Å². The molecule has 1 aliphatic heterocycles. The summed E-state index contributed by atoms with van der Waals surface area (Å²) in [6.45, 7) is 0.175. The van der Waals surface area contributed by atoms with E-state index in [1.165, 1.54) is 6.07 Å². The minimum absolute atomic E-state index is 0.0306. The lowest BCUT2D eigenvalue weighted by atomic mass is 10.2. The molecule has 24 heavy (non-hydrogen) atoms. The third-order valence-corrected chi connectivity index (χ3v) is 3.41. The van der Waals surface area contributed by atoms with E-state index in [4.69, 9.17) is 9.47 Å². The van der Waals surface area contributed by atoms with Crippen molar-refractivity contribution < 1.29 is 23.5 Å². The molecule has 0 aliphatic carbocycles. The predicted octanol–water partition coefficient (Wildman–Crippen LogP) is 2.20. The third kappa shape index (κ3) is 3.81. The fourth-order valence-corrected chi connectivity index (χ4v) is 2.22. The van der Waals surface area contributed by atoms with Crippen molar-refractivity contribution in [3.8, 4) is 11.5 Å². The minimum atomic E-state index is -0.489. The molecule has 2 aromatic carbocycles. The molecule has 0 saturated heterocycles. The lowest BCUT2D eigenvalue weighted by Crippen LogP contribution is -2.28. The number of rotatable bonds is 5. The zero-order valence-corrected chi connectivity index (χ0v) is 12.7. The number of nitrogens with one attached hydrogen (secondary N) is 2. The van der Waals surface area contributed by atoms with Crippen LogP contribution in [0.2, 0.25) is 0 Å². The van der Waals surface area contributed by atoms with E-state index in [1.54, 1.807) is 36.4 Å². The molecule has 7 heteroatoms. The Balaban J connectivity index is 1.49. The maximum atomic E-state index is 13.4. The molecule has 0 aromatic heterocycles. The van der Waals surface area contributed by atoms with Crippen LogP contribution in [0.25, 0.3) is 0 Å². The van der Waals surface area contributed by atoms with E-state index in [2.05, 4.69) is 10.6 Å². The largest absolute Gasteiger partial charge is 0.454 e. The van der Waals surface area contributed by atoms with Crippen LogP contribution in [0, 0.1) is 5.82 Å². The average molecular weight is 330 g/mol. The van der Waals surface area contributed by atoms with Crippen molar-refractivity contribution in [1.29, 1.82) is 0 Å². The Labute approximate surface area is 137 Å². The van der Waals surface area contributed by atoms with Crippen molar-refractivity contribution in [2.45, 2.75) is 13.0 Å². The zero-order valence-electron chi connectivity index (χ0n) is 12.7. The monoisotopic (exact) mass is 330 g/mol. The predicted molar refractivity (Wildman–Crippen MR) is 84.1 cm³/mol. The number of anilines is 1. The Morgan fingerprint density at radius 2 is 1.83 bits per heavy atom. The van der Waals surface area contributed by atoms with E-state index in [-0.39, 0.29) is 19.8 Å². The van der Waals surface area contributed by atoms with Crippen molar-refractivity contribution in [1.82, 2.24) is 5.32 Å². The fraction of sp³-hybridized carbons (Fsp3) is 0.176. The SMILES string of the molecule is O=C(CC(=O)Nc1ccc2c(c1)OCO2)NCc1ccccc1F. The van der Waals surface area contributed by atoms with Crippen LogP contribution in [0.3, 0.4) is 0 Å². The van der Waals surface area contributed by atoms with Gasteiger partial charge in [0.1, 0.15) is 12.2 Å². The number of ether oxygens (including phenoxy) is 2. The first-order valence-corrected chi connectivity index (χ1v) is 7.31. The van der Waals surface area contributed by atoms with E-state index in [0.29, 0.717) is 22.7 Å². The van der Waals surface area contributed by atoms with E-state index >= 15 is 0 Å². The molecule has 0 unspecified atom stereocenters. The molecule has 2 aromatic rings. The molecule has 0 spiro atoms. The van der Waals surface area contributed by atoms with Crippen molar-refractivity contribution in [3.63, 3.8) is 0 Å². The summed E-state index contributed by atoms with van der Waals surface area (Å²) in [5, 5.41) is 5.12. The topological polar surface area (TPSA) is 76.7 Å². The second kappa shape index (κ2) is 6.99. The number of carbonyl (C=O) groups is 2. The smallest absolute Gasteiger partial charge is 0.233 e. The van der Waals surface area contributed by atoms with Gasteiger partial charge in [0.25, 0.3) is 0 Å². The fourth-order valence-electron chi connectivity index (χ4n) is 2.22. The number of amides is 2. The van der Waals surface area contributed by atoms with Gasteiger partial charge >= 0.3 is 0 Å². The summed E-state index contributed by atoms with van der Waals surface area (Å²) in [4.78, 5) is 23.7. The maximum absolute atomic E-state index is 13.4. The van der Waals surface area contributed by atoms with E-state index in [9.17, 15) is 14.0 Å². The van der Waals surface area contributed by atoms with Crippen LogP contribution in [0.5, 0.6) is 11.5 Å². The van der Waals surface area contributed by atoms with Crippen LogP contribution in [0.15, 0.2) is 42.5 Å². The lowest BCUT2D eigenvalue weighted by molar-refractivity contribution is -0.126. The Morgan fingerprint density at radius 3 is 2.67 bits per heavy atom. The Kier molecular flexibility index (Phi) is 4.60. The summed E-state index contributed by atoms with van der Waals surface area (Å²) < 4.78 is 23.8. The molecule has 2 amide bonds. The molecule has 0 atom stereocenters. The van der Waals surface area contributed by atoms with Crippen LogP contribution < -0.4 is 20.1 Å². The summed E-state index contributed by atoms with van der Waals surface area (Å²) in [6.07, 6.45) is -0.358. The summed E-state index contributed by atoms with van der Waals surface area (Å²) in [7, 11) is 0. The van der Waals surface area contributed by atoms with Crippen LogP contribution >= 0.6 is 0 Å². The standard InChI is InChI=1S/C17H15FN2O4/c18-13-4-2-1-3-11(13)9-19-16(21)8-17(22)20-12-5-6-14-15(7-12)24-10-23-14/h1-7H,8-10H2,(H,19,21)(H,20,22). The van der Waals surface area contributed by atoms with Crippen LogP contribution in [-0.4, -0.2) is 18.6 Å². The molecule has 2 N–H and O–H groups in total. The number of fused-ring (bicyclic) bond motifs is 1. The van der Waals surface area contributed by atoms with E-state index < -0.39 is 17.6 Å². The first-order chi connectivity index (χ1) is 11.6. The van der Waals surface area contributed by atoms with E-state index in [0.717, 1.165) is 0 Å². The van der Waals surface area contributed by atoms with Gasteiger partial charge in [0.2, 0.25) is 18.6 Å². The molecule has 6 nitrogen and oxygen atoms in total. The van der Waals surface area contributed by atoms with Gasteiger partial charge in [0.15, 0.2) is 11.5 Å². The van der Waals surface area contributed by atoms with Gasteiger partial charge in [-0.05, 0) is 18.2 Å². The first kappa shape index (κ1) is 15.8. The number of hydrogen-bond acceptors (Lipinski definition) is 4. The number of carbonyl (C=O) groups excluding carboxylic acids is 2. The van der Waals surface area contributed by atoms with Crippen LogP contribution in [0.4, 0.5) is 10.1 Å². The van der Waals surface area contributed by atoms with Crippen molar-refractivity contribution in [3.05, 3.63) is 53.8 Å². The van der Waals surface area contributed by atoms with Gasteiger partial charge in [-0.15, -0.1) is 0 Å². The van der Waals surface area contributed by atoms with Crippen LogP contribution in [-0.2, 0) is 16.1 Å². The molecular weight excluding hydrogens is 315 g/mol. The molecule has 0 saturated carbocycles. The van der Waals surface area contributed by atoms with Crippen molar-refractivity contribution >= 4 is 17.5 Å². The molecule has 0 fully saturated rings. The number of halogens is 1. The van der Waals surface area contributed by atoms with E-state index in [1.807, 2.05) is 0 Å². The maximum Gasteiger partial charge on any atom is 0.233 e. The minimum Gasteiger partial charge on any atom is -0.454 e. The van der Waals surface area contributed by atoms with Gasteiger partial charge in [-0.2, -0.15) is 0 Å². The summed E-state index contributed by atoms with van der Waals surface area (Å²) >= 11 is 0. The molecule has 0 radical (unpaired) electrons. The van der Waals surface area contributed by atoms with Crippen molar-refractivity contribution in [2.24, 2.45) is 0 Å². The number of hydrogen-bond donors (Lipinski definition) is 2. The second-order valence-electron chi connectivity index (χ2n) is 5.16. The average Bonchev–Trinajstić information content (AvgIpc) is 3.01. The molecule has 1 aliphatic rings. The Morgan fingerprint density at radius 1 is 1.04 bits per heavy atom. The third-order valence-electron chi connectivity index (χ3n) is 3.41. The zero-order chi connectivity index (χ0) is 16.9. The molecular formula is C17H15FN2O4. The molecule has 124 valence electrons. The normalized spacial score (nSPS) is 11.9. The summed E-state index contributed by atoms with van der Waals surface area (Å²) in [6, 6.07) is 11.1. The first-order valence-electron chi connectivity index (χ1n) is 7.31. The molecule has 3 rings (SSSR count). The highest BCUT2D eigenvalue weighted by atomic mass is 19.1. The highest BCUT2D eigenvalue weighted by molar-refractivity contribution is 6.03. The van der Waals surface area contributed by atoms with Gasteiger partial charge in [0.05, 0.1) is 0 Å². The van der Waals surface area contributed by atoms with Crippen molar-refractivity contribution in [2.75, 3.05) is 12.1 Å². The van der Waals surface area contributed by atoms with Crippen LogP contribution in [0.1, 0.15) is 12.0 Å². The lowest BCUT2D eigenvalue weighted by Gasteiger charge is -2.08. The molecule has 0 bridgehead atoms. The highest BCUT2D eigenvalue weighted by Gasteiger charge is 2.15. The van der Waals surface area contributed by atoms with Gasteiger partial charge in [-0.3, -0.25) is 9.59 Å². The molecule has 1 heterocycles. The van der Waals surface area contributed by atoms with Gasteiger partial charge in [-0.1, -0.05) is 18.2 Å². The number of benzene rings is 2. The van der Waals surface area contributed by atoms with Gasteiger partial charge in [0, 0.05) is 23.9 Å².